The standard InChI is InChI=1S/C19H25NO6/c1-8-14(21)17(24)18(26-3)12-13-15(22)9-4-5-10(25-2)16(23)11(9)19(8,12)6-7-20-13/h4-5,8,13-15,17,20-24H,6-7H2,1-3H3/t8-,13-,14+,15-,17+,19+/m1/s1. The molecule has 4 rings (SSSR count). The number of hydrogen-bond donors (Lipinski definition) is 5. The van der Waals surface area contributed by atoms with Crippen LogP contribution in [0.15, 0.2) is 23.5 Å². The van der Waals surface area contributed by atoms with Gasteiger partial charge in [0.1, 0.15) is 11.9 Å². The Morgan fingerprint density at radius 1 is 1.12 bits per heavy atom. The molecule has 1 aromatic rings. The fourth-order valence-electron chi connectivity index (χ4n) is 5.30. The molecule has 6 atom stereocenters. The summed E-state index contributed by atoms with van der Waals surface area (Å²) in [5, 5.41) is 46.6. The summed E-state index contributed by atoms with van der Waals surface area (Å²) in [4.78, 5) is 0. The van der Waals surface area contributed by atoms with Gasteiger partial charge in [-0.2, -0.15) is 0 Å². The van der Waals surface area contributed by atoms with Crippen molar-refractivity contribution in [1.29, 1.82) is 0 Å². The first-order valence-electron chi connectivity index (χ1n) is 8.86. The summed E-state index contributed by atoms with van der Waals surface area (Å²) < 4.78 is 10.8. The van der Waals surface area contributed by atoms with Crippen LogP contribution < -0.4 is 10.1 Å². The third-order valence-corrected chi connectivity index (χ3v) is 6.52. The summed E-state index contributed by atoms with van der Waals surface area (Å²) in [5.41, 5.74) is 1.12. The molecule has 2 aliphatic carbocycles. The summed E-state index contributed by atoms with van der Waals surface area (Å²) in [7, 11) is 2.93. The van der Waals surface area contributed by atoms with E-state index in [0.717, 1.165) is 0 Å². The van der Waals surface area contributed by atoms with Crippen molar-refractivity contribution < 1.29 is 29.9 Å². The lowest BCUT2D eigenvalue weighted by Crippen LogP contribution is -2.63. The van der Waals surface area contributed by atoms with Gasteiger partial charge in [-0.25, -0.2) is 0 Å². The maximum Gasteiger partial charge on any atom is 0.162 e. The molecule has 7 heteroatoms. The van der Waals surface area contributed by atoms with Gasteiger partial charge in [-0.15, -0.1) is 0 Å². The number of piperidine rings is 1. The maximum absolute atomic E-state index is 11.0. The molecule has 0 unspecified atom stereocenters. The number of aliphatic hydroxyl groups is 3. The highest BCUT2D eigenvalue weighted by atomic mass is 16.5. The lowest BCUT2D eigenvalue weighted by molar-refractivity contribution is -0.0660. The Labute approximate surface area is 151 Å². The van der Waals surface area contributed by atoms with Gasteiger partial charge < -0.3 is 35.2 Å². The van der Waals surface area contributed by atoms with Crippen LogP contribution in [0.2, 0.25) is 0 Å². The molecule has 0 aromatic heterocycles. The molecule has 5 N–H and O–H groups in total. The number of nitrogens with one attached hydrogen (secondary N) is 1. The Morgan fingerprint density at radius 3 is 2.50 bits per heavy atom. The van der Waals surface area contributed by atoms with E-state index < -0.39 is 29.8 Å². The van der Waals surface area contributed by atoms with E-state index in [-0.39, 0.29) is 17.4 Å². The monoisotopic (exact) mass is 363 g/mol. The van der Waals surface area contributed by atoms with Gasteiger partial charge in [-0.05, 0) is 30.5 Å². The number of methoxy groups -OCH3 is 2. The molecule has 0 radical (unpaired) electrons. The number of aliphatic hydroxyl groups excluding tert-OH is 3. The third kappa shape index (κ3) is 1.91. The highest BCUT2D eigenvalue weighted by molar-refractivity contribution is 5.63. The second-order valence-corrected chi connectivity index (χ2v) is 7.38. The number of phenolic OH excluding ortho intramolecular Hbond substituents is 1. The Morgan fingerprint density at radius 2 is 1.85 bits per heavy atom. The van der Waals surface area contributed by atoms with E-state index in [9.17, 15) is 20.4 Å². The number of phenols is 1. The molecular weight excluding hydrogens is 338 g/mol. The Hall–Kier alpha value is -1.80. The number of aromatic hydroxyl groups is 1. The normalized spacial score (nSPS) is 38.5. The van der Waals surface area contributed by atoms with Crippen LogP contribution in [0, 0.1) is 5.92 Å². The molecule has 1 fully saturated rings. The van der Waals surface area contributed by atoms with Crippen LogP contribution >= 0.6 is 0 Å². The number of benzene rings is 1. The minimum Gasteiger partial charge on any atom is -0.504 e. The molecule has 142 valence electrons. The fourth-order valence-corrected chi connectivity index (χ4v) is 5.30. The second-order valence-electron chi connectivity index (χ2n) is 7.38. The van der Waals surface area contributed by atoms with Crippen LogP contribution in [0.4, 0.5) is 0 Å². The van der Waals surface area contributed by atoms with E-state index in [0.29, 0.717) is 35.4 Å². The first kappa shape index (κ1) is 17.6. The van der Waals surface area contributed by atoms with Crippen LogP contribution in [0.3, 0.4) is 0 Å². The topological polar surface area (TPSA) is 111 Å². The lowest BCUT2D eigenvalue weighted by atomic mass is 9.51. The summed E-state index contributed by atoms with van der Waals surface area (Å²) in [6.45, 7) is 2.47. The minimum absolute atomic E-state index is 0.0345. The van der Waals surface area contributed by atoms with Crippen molar-refractivity contribution >= 4 is 0 Å². The van der Waals surface area contributed by atoms with Crippen molar-refractivity contribution in [2.75, 3.05) is 20.8 Å². The van der Waals surface area contributed by atoms with Crippen molar-refractivity contribution in [2.24, 2.45) is 5.92 Å². The van der Waals surface area contributed by atoms with E-state index in [4.69, 9.17) is 9.47 Å². The minimum atomic E-state index is -1.18. The van der Waals surface area contributed by atoms with E-state index in [1.807, 2.05) is 6.92 Å². The molecule has 1 saturated heterocycles. The highest BCUT2D eigenvalue weighted by Crippen LogP contribution is 2.61. The molecule has 1 aromatic carbocycles. The molecular formula is C19H25NO6. The average molecular weight is 363 g/mol. The molecule has 7 nitrogen and oxygen atoms in total. The number of hydrogen-bond acceptors (Lipinski definition) is 7. The molecule has 0 spiro atoms. The van der Waals surface area contributed by atoms with Gasteiger partial charge in [-0.3, -0.25) is 0 Å². The SMILES string of the molecule is COC1=C2[C@H]3NCC[C@@]2(c2c(ccc(OC)c2O)[C@H]3O)[C@H](C)[C@H](O)[C@@H]1O. The Balaban J connectivity index is 2.12. The first-order chi connectivity index (χ1) is 12.4. The molecule has 0 amide bonds. The van der Waals surface area contributed by atoms with E-state index in [2.05, 4.69) is 5.32 Å². The number of fused-ring (bicyclic) bond motifs is 1. The van der Waals surface area contributed by atoms with E-state index in [1.165, 1.54) is 14.2 Å². The number of rotatable bonds is 2. The fraction of sp³-hybridized carbons (Fsp3) is 0.579. The van der Waals surface area contributed by atoms with Gasteiger partial charge in [0.2, 0.25) is 0 Å². The molecule has 1 aliphatic heterocycles. The third-order valence-electron chi connectivity index (χ3n) is 6.52. The summed E-state index contributed by atoms with van der Waals surface area (Å²) in [6, 6.07) is 2.94. The van der Waals surface area contributed by atoms with Crippen LogP contribution in [-0.4, -0.2) is 59.4 Å². The van der Waals surface area contributed by atoms with Crippen molar-refractivity contribution in [3.05, 3.63) is 34.6 Å². The van der Waals surface area contributed by atoms with E-state index in [1.54, 1.807) is 12.1 Å². The zero-order chi connectivity index (χ0) is 18.8. The molecule has 1 heterocycles. The van der Waals surface area contributed by atoms with Crippen molar-refractivity contribution in [1.82, 2.24) is 5.32 Å². The number of ether oxygens (including phenoxy) is 2. The zero-order valence-electron chi connectivity index (χ0n) is 15.1. The Bertz CT molecular complexity index is 778. The first-order valence-corrected chi connectivity index (χ1v) is 8.86. The molecule has 2 bridgehead atoms. The smallest absolute Gasteiger partial charge is 0.162 e. The van der Waals surface area contributed by atoms with Crippen LogP contribution in [0.25, 0.3) is 0 Å². The highest BCUT2D eigenvalue weighted by Gasteiger charge is 2.61. The van der Waals surface area contributed by atoms with Gasteiger partial charge in [-0.1, -0.05) is 13.0 Å². The Kier molecular flexibility index (Phi) is 3.96. The average Bonchev–Trinajstić information content (AvgIpc) is 2.64. The van der Waals surface area contributed by atoms with Gasteiger partial charge in [0.05, 0.1) is 32.5 Å². The lowest BCUT2D eigenvalue weighted by Gasteiger charge is -2.58. The van der Waals surface area contributed by atoms with Crippen LogP contribution in [0.5, 0.6) is 11.5 Å². The quantitative estimate of drug-likeness (QED) is 0.514. The van der Waals surface area contributed by atoms with Crippen LogP contribution in [-0.2, 0) is 10.2 Å². The molecule has 26 heavy (non-hydrogen) atoms. The molecule has 0 saturated carbocycles. The molecule has 3 aliphatic rings. The van der Waals surface area contributed by atoms with Crippen molar-refractivity contribution in [3.8, 4) is 11.5 Å². The summed E-state index contributed by atoms with van der Waals surface area (Å²) in [5.74, 6) is 0.154. The van der Waals surface area contributed by atoms with Crippen LogP contribution in [0.1, 0.15) is 30.6 Å². The van der Waals surface area contributed by atoms with Gasteiger partial charge in [0.25, 0.3) is 0 Å². The van der Waals surface area contributed by atoms with Gasteiger partial charge in [0.15, 0.2) is 11.5 Å². The van der Waals surface area contributed by atoms with Crippen molar-refractivity contribution in [3.63, 3.8) is 0 Å². The largest absolute Gasteiger partial charge is 0.504 e. The van der Waals surface area contributed by atoms with Gasteiger partial charge >= 0.3 is 0 Å². The van der Waals surface area contributed by atoms with Gasteiger partial charge in [0, 0.05) is 16.6 Å². The zero-order valence-corrected chi connectivity index (χ0v) is 15.1. The predicted octanol–water partition coefficient (Wildman–Crippen LogP) is 0.319. The van der Waals surface area contributed by atoms with Crippen molar-refractivity contribution in [2.45, 2.75) is 43.1 Å². The second kappa shape index (κ2) is 5.85. The summed E-state index contributed by atoms with van der Waals surface area (Å²) >= 11 is 0. The summed E-state index contributed by atoms with van der Waals surface area (Å²) in [6.07, 6.45) is -2.55. The van der Waals surface area contributed by atoms with E-state index >= 15 is 0 Å². The predicted molar refractivity (Wildman–Crippen MR) is 92.9 cm³/mol. The maximum atomic E-state index is 11.0.